The average molecular weight is 284 g/mol. The first-order valence-corrected chi connectivity index (χ1v) is 5.87. The molecule has 20 heavy (non-hydrogen) atoms. The van der Waals surface area contributed by atoms with E-state index >= 15 is 0 Å². The van der Waals surface area contributed by atoms with Crippen molar-refractivity contribution in [3.63, 3.8) is 0 Å². The van der Waals surface area contributed by atoms with Gasteiger partial charge < -0.3 is 0 Å². The minimum Gasteiger partial charge on any atom is -0.271 e. The molecular weight excluding hydrogens is 272 g/mol. The van der Waals surface area contributed by atoms with Crippen LogP contribution in [-0.2, 0) is 6.42 Å². The number of hydrogen-bond acceptors (Lipinski definition) is 2. The summed E-state index contributed by atoms with van der Waals surface area (Å²) in [5, 5.41) is 0. The van der Waals surface area contributed by atoms with E-state index in [4.69, 9.17) is 5.84 Å². The lowest BCUT2D eigenvalue weighted by Crippen LogP contribution is -2.30. The summed E-state index contributed by atoms with van der Waals surface area (Å²) >= 11 is 0. The Bertz CT molecular complexity index is 616. The minimum absolute atomic E-state index is 0.00512. The molecule has 0 aliphatic carbocycles. The summed E-state index contributed by atoms with van der Waals surface area (Å²) in [6.07, 6.45) is 0.00512. The molecule has 0 bridgehead atoms. The molecule has 2 aromatic carbocycles. The Morgan fingerprint density at radius 3 is 2.35 bits per heavy atom. The maximum absolute atomic E-state index is 13.6. The molecule has 0 amide bonds. The van der Waals surface area contributed by atoms with Crippen LogP contribution in [0.2, 0.25) is 0 Å². The minimum atomic E-state index is -1.03. The summed E-state index contributed by atoms with van der Waals surface area (Å²) in [6, 6.07) is 6.37. The number of rotatable bonds is 4. The lowest BCUT2D eigenvalue weighted by molar-refractivity contribution is 0.476. The third kappa shape index (κ3) is 2.97. The molecule has 0 fully saturated rings. The molecule has 0 heterocycles. The van der Waals surface area contributed by atoms with E-state index in [0.29, 0.717) is 5.56 Å². The van der Waals surface area contributed by atoms with Crippen LogP contribution in [0.15, 0.2) is 36.4 Å². The Morgan fingerprint density at radius 2 is 1.70 bits per heavy atom. The Hall–Kier alpha value is -1.92. The molecule has 3 N–H and O–H groups in total. The monoisotopic (exact) mass is 284 g/mol. The zero-order valence-corrected chi connectivity index (χ0v) is 10.3. The maximum Gasteiger partial charge on any atom is 0.162 e. The number of benzene rings is 2. The Balaban J connectivity index is 2.28. The van der Waals surface area contributed by atoms with Crippen molar-refractivity contribution in [2.45, 2.75) is 12.5 Å². The number of nitrogens with one attached hydrogen (secondary N) is 1. The van der Waals surface area contributed by atoms with Crippen molar-refractivity contribution < 1.29 is 17.6 Å². The topological polar surface area (TPSA) is 38.0 Å². The Morgan fingerprint density at radius 1 is 0.950 bits per heavy atom. The summed E-state index contributed by atoms with van der Waals surface area (Å²) in [4.78, 5) is 0. The van der Waals surface area contributed by atoms with E-state index in [1.165, 1.54) is 18.2 Å². The van der Waals surface area contributed by atoms with Gasteiger partial charge in [0.1, 0.15) is 0 Å². The third-order valence-electron chi connectivity index (χ3n) is 3.00. The van der Waals surface area contributed by atoms with Crippen LogP contribution >= 0.6 is 0 Å². The van der Waals surface area contributed by atoms with Crippen molar-refractivity contribution in [2.24, 2.45) is 5.84 Å². The van der Waals surface area contributed by atoms with Gasteiger partial charge in [-0.1, -0.05) is 18.2 Å². The van der Waals surface area contributed by atoms with Gasteiger partial charge in [0, 0.05) is 0 Å². The first kappa shape index (κ1) is 14.5. The van der Waals surface area contributed by atoms with Crippen molar-refractivity contribution in [2.75, 3.05) is 0 Å². The number of hydrogen-bond donors (Lipinski definition) is 2. The molecule has 0 aliphatic heterocycles. The van der Waals surface area contributed by atoms with Crippen LogP contribution in [0.3, 0.4) is 0 Å². The van der Waals surface area contributed by atoms with Crippen LogP contribution in [0.1, 0.15) is 17.2 Å². The maximum atomic E-state index is 13.6. The van der Waals surface area contributed by atoms with Crippen LogP contribution in [0, 0.1) is 23.3 Å². The smallest absolute Gasteiger partial charge is 0.162 e. The van der Waals surface area contributed by atoms with E-state index < -0.39 is 29.3 Å². The van der Waals surface area contributed by atoms with Gasteiger partial charge in [-0.15, -0.1) is 0 Å². The average Bonchev–Trinajstić information content (AvgIpc) is 2.44. The van der Waals surface area contributed by atoms with Crippen molar-refractivity contribution in [3.05, 3.63) is 70.8 Å². The summed E-state index contributed by atoms with van der Waals surface area (Å²) in [5.41, 5.74) is 2.82. The second-order valence-corrected chi connectivity index (χ2v) is 4.31. The number of hydrazine groups is 1. The van der Waals surface area contributed by atoms with E-state index in [2.05, 4.69) is 5.43 Å². The highest BCUT2D eigenvalue weighted by Gasteiger charge is 2.16. The first-order valence-electron chi connectivity index (χ1n) is 5.87. The van der Waals surface area contributed by atoms with Gasteiger partial charge in [0.25, 0.3) is 0 Å². The lowest BCUT2D eigenvalue weighted by Gasteiger charge is -2.17. The highest BCUT2D eigenvalue weighted by Crippen LogP contribution is 2.22. The first-order chi connectivity index (χ1) is 9.52. The van der Waals surface area contributed by atoms with Gasteiger partial charge >= 0.3 is 0 Å². The van der Waals surface area contributed by atoms with Crippen LogP contribution < -0.4 is 11.3 Å². The number of nitrogens with two attached hydrogens (primary N) is 1. The predicted octanol–water partition coefficient (Wildman–Crippen LogP) is 2.99. The van der Waals surface area contributed by atoms with Gasteiger partial charge in [-0.3, -0.25) is 11.3 Å². The summed E-state index contributed by atoms with van der Waals surface area (Å²) in [7, 11) is 0. The molecule has 0 saturated carbocycles. The molecule has 2 rings (SSSR count). The summed E-state index contributed by atoms with van der Waals surface area (Å²) in [6.45, 7) is 0. The van der Waals surface area contributed by atoms with Crippen LogP contribution in [-0.4, -0.2) is 0 Å². The van der Waals surface area contributed by atoms with Crippen LogP contribution in [0.25, 0.3) is 0 Å². The molecular formula is C14H12F4N2. The predicted molar refractivity (Wildman–Crippen MR) is 66.5 cm³/mol. The zero-order chi connectivity index (χ0) is 14.7. The molecule has 0 aliphatic rings. The van der Waals surface area contributed by atoms with Gasteiger partial charge in [-0.05, 0) is 35.7 Å². The Kier molecular flexibility index (Phi) is 4.36. The fourth-order valence-corrected chi connectivity index (χ4v) is 1.93. The molecule has 0 saturated heterocycles. The lowest BCUT2D eigenvalue weighted by atomic mass is 9.99. The Labute approximate surface area is 113 Å². The molecule has 106 valence electrons. The quantitative estimate of drug-likeness (QED) is 0.514. The highest BCUT2D eigenvalue weighted by atomic mass is 19.2. The van der Waals surface area contributed by atoms with E-state index in [-0.39, 0.29) is 12.0 Å². The molecule has 2 nitrogen and oxygen atoms in total. The zero-order valence-electron chi connectivity index (χ0n) is 10.3. The van der Waals surface area contributed by atoms with Crippen LogP contribution in [0.5, 0.6) is 0 Å². The van der Waals surface area contributed by atoms with Gasteiger partial charge in [-0.2, -0.15) is 0 Å². The molecule has 2 aromatic rings. The standard InChI is InChI=1S/C14H12F4N2/c15-10-5-4-8(6-12(10)17)13(20-19)7-9-2-1-3-11(16)14(9)18/h1-6,13,20H,7,19H2. The van der Waals surface area contributed by atoms with Crippen molar-refractivity contribution in [1.29, 1.82) is 0 Å². The largest absolute Gasteiger partial charge is 0.271 e. The fraction of sp³-hybridized carbons (Fsp3) is 0.143. The number of halogens is 4. The SMILES string of the molecule is NNC(Cc1cccc(F)c1F)c1ccc(F)c(F)c1. The van der Waals surface area contributed by atoms with Crippen molar-refractivity contribution in [1.82, 2.24) is 5.43 Å². The van der Waals surface area contributed by atoms with Gasteiger partial charge in [0.15, 0.2) is 23.3 Å². The van der Waals surface area contributed by atoms with E-state index in [9.17, 15) is 17.6 Å². The highest BCUT2D eigenvalue weighted by molar-refractivity contribution is 5.26. The third-order valence-corrected chi connectivity index (χ3v) is 3.00. The van der Waals surface area contributed by atoms with Gasteiger partial charge in [-0.25, -0.2) is 17.6 Å². The fourth-order valence-electron chi connectivity index (χ4n) is 1.93. The van der Waals surface area contributed by atoms with Crippen molar-refractivity contribution in [3.8, 4) is 0 Å². The molecule has 0 radical (unpaired) electrons. The molecule has 0 aromatic heterocycles. The van der Waals surface area contributed by atoms with E-state index in [0.717, 1.165) is 18.2 Å². The molecule has 6 heteroatoms. The van der Waals surface area contributed by atoms with Gasteiger partial charge in [0.2, 0.25) is 0 Å². The van der Waals surface area contributed by atoms with Crippen molar-refractivity contribution >= 4 is 0 Å². The molecule has 1 unspecified atom stereocenters. The van der Waals surface area contributed by atoms with E-state index in [1.54, 1.807) is 0 Å². The second kappa shape index (κ2) is 6.02. The normalized spacial score (nSPS) is 12.4. The molecule has 0 spiro atoms. The summed E-state index contributed by atoms with van der Waals surface area (Å²) < 4.78 is 52.8. The van der Waals surface area contributed by atoms with E-state index in [1.807, 2.05) is 0 Å². The second-order valence-electron chi connectivity index (χ2n) is 4.31. The molecule has 1 atom stereocenters. The summed E-state index contributed by atoms with van der Waals surface area (Å²) in [5.74, 6) is 1.39. The van der Waals surface area contributed by atoms with Crippen LogP contribution in [0.4, 0.5) is 17.6 Å². The van der Waals surface area contributed by atoms with Gasteiger partial charge in [0.05, 0.1) is 6.04 Å².